The van der Waals surface area contributed by atoms with Crippen LogP contribution in [0.1, 0.15) is 32.6 Å². The Balaban J connectivity index is 3.22. The van der Waals surface area contributed by atoms with Crippen LogP contribution in [-0.2, 0) is 0 Å². The third-order valence-electron chi connectivity index (χ3n) is 1.33. The molecular formula is C7H13Br2NO. The van der Waals surface area contributed by atoms with Gasteiger partial charge in [0.2, 0.25) is 0 Å². The predicted octanol–water partition coefficient (Wildman–Crippen LogP) is 3.39. The lowest BCUT2D eigenvalue weighted by Gasteiger charge is -2.08. The van der Waals surface area contributed by atoms with Gasteiger partial charge in [0, 0.05) is 15.9 Å². The molecule has 0 aromatic carbocycles. The van der Waals surface area contributed by atoms with Crippen molar-refractivity contribution in [1.82, 2.24) is 5.32 Å². The number of carbonyl (C=O) groups excluding carboxylic acids is 1. The van der Waals surface area contributed by atoms with Gasteiger partial charge in [-0.15, -0.1) is 0 Å². The molecule has 2 nitrogen and oxygen atoms in total. The van der Waals surface area contributed by atoms with Crippen molar-refractivity contribution in [3.8, 4) is 0 Å². The number of rotatable bonds is 5. The maximum atomic E-state index is 10.5. The molecule has 1 atom stereocenters. The van der Waals surface area contributed by atoms with Gasteiger partial charge in [-0.2, -0.15) is 0 Å². The molecule has 0 saturated heterocycles. The highest BCUT2D eigenvalue weighted by atomic mass is 79.9. The van der Waals surface area contributed by atoms with Crippen LogP contribution in [0.25, 0.3) is 0 Å². The Morgan fingerprint density at radius 2 is 2.18 bits per heavy atom. The van der Waals surface area contributed by atoms with Gasteiger partial charge in [-0.25, -0.2) is 0 Å². The van der Waals surface area contributed by atoms with Crippen LogP contribution in [0.5, 0.6) is 0 Å². The zero-order chi connectivity index (χ0) is 8.69. The van der Waals surface area contributed by atoms with Crippen molar-refractivity contribution >= 4 is 36.7 Å². The van der Waals surface area contributed by atoms with Gasteiger partial charge in [0.05, 0.1) is 4.95 Å². The van der Waals surface area contributed by atoms with E-state index in [4.69, 9.17) is 0 Å². The summed E-state index contributed by atoms with van der Waals surface area (Å²) in [6, 6.07) is 0. The van der Waals surface area contributed by atoms with Crippen molar-refractivity contribution in [2.45, 2.75) is 37.6 Å². The zero-order valence-electron chi connectivity index (χ0n) is 6.57. The number of unbranched alkanes of at least 4 members (excludes halogenated alkanes) is 2. The molecule has 0 saturated carbocycles. The molecule has 0 aliphatic heterocycles. The van der Waals surface area contributed by atoms with Crippen molar-refractivity contribution in [3.63, 3.8) is 0 Å². The van der Waals surface area contributed by atoms with Gasteiger partial charge >= 0.3 is 0 Å². The average molecular weight is 287 g/mol. The van der Waals surface area contributed by atoms with Crippen molar-refractivity contribution in [2.24, 2.45) is 0 Å². The molecule has 0 aliphatic rings. The summed E-state index contributed by atoms with van der Waals surface area (Å²) < 4.78 is 0. The Labute approximate surface area is 84.4 Å². The number of halogens is 2. The predicted molar refractivity (Wildman–Crippen MR) is 54.3 cm³/mol. The van der Waals surface area contributed by atoms with Gasteiger partial charge in [0.1, 0.15) is 0 Å². The van der Waals surface area contributed by atoms with E-state index < -0.39 is 0 Å². The third-order valence-corrected chi connectivity index (χ3v) is 2.25. The van der Waals surface area contributed by atoms with E-state index in [2.05, 4.69) is 44.1 Å². The molecule has 0 fully saturated rings. The second-order valence-corrected chi connectivity index (χ2v) is 4.21. The fourth-order valence-corrected chi connectivity index (χ4v) is 1.88. The normalized spacial score (nSPS) is 12.6. The minimum atomic E-state index is -0.157. The fourth-order valence-electron chi connectivity index (χ4n) is 0.769. The minimum absolute atomic E-state index is 0.112. The first-order valence-electron chi connectivity index (χ1n) is 3.77. The van der Waals surface area contributed by atoms with Crippen LogP contribution in [0.2, 0.25) is 0 Å². The molecule has 0 aromatic rings. The van der Waals surface area contributed by atoms with Crippen molar-refractivity contribution < 1.29 is 4.79 Å². The van der Waals surface area contributed by atoms with Crippen molar-refractivity contribution in [1.29, 1.82) is 0 Å². The first-order chi connectivity index (χ1) is 5.16. The summed E-state index contributed by atoms with van der Waals surface area (Å²) in [4.78, 5) is 10.4. The lowest BCUT2D eigenvalue weighted by atomic mass is 10.2. The third kappa shape index (κ3) is 8.34. The molecule has 1 unspecified atom stereocenters. The van der Waals surface area contributed by atoms with Crippen LogP contribution in [0.3, 0.4) is 0 Å². The van der Waals surface area contributed by atoms with E-state index in [0.717, 1.165) is 12.8 Å². The van der Waals surface area contributed by atoms with E-state index in [0.29, 0.717) is 0 Å². The van der Waals surface area contributed by atoms with Gasteiger partial charge in [-0.3, -0.25) is 4.79 Å². The first-order valence-corrected chi connectivity index (χ1v) is 5.47. The molecule has 11 heavy (non-hydrogen) atoms. The highest BCUT2D eigenvalue weighted by Gasteiger charge is 2.04. The number of hydrogen-bond donors (Lipinski definition) is 1. The van der Waals surface area contributed by atoms with E-state index in [1.807, 2.05) is 0 Å². The molecule has 1 N–H and O–H groups in total. The largest absolute Gasteiger partial charge is 0.334 e. The smallest absolute Gasteiger partial charge is 0.288 e. The van der Waals surface area contributed by atoms with E-state index in [9.17, 15) is 4.79 Å². The van der Waals surface area contributed by atoms with Gasteiger partial charge in [-0.1, -0.05) is 42.1 Å². The Hall–Kier alpha value is 0.430. The van der Waals surface area contributed by atoms with E-state index in [1.54, 1.807) is 0 Å². The molecule has 0 aromatic heterocycles. The van der Waals surface area contributed by atoms with Crippen molar-refractivity contribution in [2.75, 3.05) is 0 Å². The van der Waals surface area contributed by atoms with Crippen LogP contribution in [0.15, 0.2) is 0 Å². The summed E-state index contributed by atoms with van der Waals surface area (Å²) in [6.45, 7) is 2.16. The number of alkyl halides is 1. The van der Waals surface area contributed by atoms with Gasteiger partial charge in [0.15, 0.2) is 0 Å². The molecule has 4 heteroatoms. The van der Waals surface area contributed by atoms with Crippen LogP contribution >= 0.6 is 31.9 Å². The van der Waals surface area contributed by atoms with Crippen molar-refractivity contribution in [3.05, 3.63) is 0 Å². The molecule has 1 amide bonds. The monoisotopic (exact) mass is 285 g/mol. The van der Waals surface area contributed by atoms with Gasteiger partial charge in [0.25, 0.3) is 4.82 Å². The summed E-state index contributed by atoms with van der Waals surface area (Å²) in [5, 5.41) is 2.70. The fraction of sp³-hybridized carbons (Fsp3) is 0.857. The SMILES string of the molecule is CCCCCC(Br)NC(=O)Br. The van der Waals surface area contributed by atoms with Gasteiger partial charge in [-0.05, 0) is 6.42 Å². The Kier molecular flexibility index (Phi) is 7.38. The van der Waals surface area contributed by atoms with E-state index in [1.165, 1.54) is 12.8 Å². The molecule has 66 valence electrons. The number of carbonyl (C=O) groups is 1. The molecule has 0 heterocycles. The topological polar surface area (TPSA) is 29.1 Å². The summed E-state index contributed by atoms with van der Waals surface area (Å²) in [5.41, 5.74) is 0. The summed E-state index contributed by atoms with van der Waals surface area (Å²) in [5.74, 6) is 0. The lowest BCUT2D eigenvalue weighted by Crippen LogP contribution is -2.24. The lowest BCUT2D eigenvalue weighted by molar-refractivity contribution is 0.261. The maximum absolute atomic E-state index is 10.5. The Morgan fingerprint density at radius 1 is 1.55 bits per heavy atom. The maximum Gasteiger partial charge on any atom is 0.288 e. The molecule has 0 rings (SSSR count). The first kappa shape index (κ1) is 11.4. The second kappa shape index (κ2) is 7.10. The average Bonchev–Trinajstić information content (AvgIpc) is 1.86. The highest BCUT2D eigenvalue weighted by Crippen LogP contribution is 2.08. The summed E-state index contributed by atoms with van der Waals surface area (Å²) in [7, 11) is 0. The van der Waals surface area contributed by atoms with Gasteiger partial charge < -0.3 is 5.32 Å². The number of amides is 1. The molecule has 0 radical (unpaired) electrons. The molecule has 0 bridgehead atoms. The summed E-state index contributed by atoms with van der Waals surface area (Å²) in [6.07, 6.45) is 4.58. The molecular weight excluding hydrogens is 274 g/mol. The Morgan fingerprint density at radius 3 is 2.64 bits per heavy atom. The zero-order valence-corrected chi connectivity index (χ0v) is 9.74. The van der Waals surface area contributed by atoms with E-state index in [-0.39, 0.29) is 9.77 Å². The highest BCUT2D eigenvalue weighted by molar-refractivity contribution is 9.18. The summed E-state index contributed by atoms with van der Waals surface area (Å²) >= 11 is 6.15. The quantitative estimate of drug-likeness (QED) is 0.357. The number of hydrogen-bond acceptors (Lipinski definition) is 1. The standard InChI is InChI=1S/C7H13Br2NO/c1-2-3-4-5-6(8)10-7(9)11/h6H,2-5H2,1H3,(H,10,11). The van der Waals surface area contributed by atoms with Crippen LogP contribution < -0.4 is 5.32 Å². The molecule has 0 aliphatic carbocycles. The van der Waals surface area contributed by atoms with E-state index >= 15 is 0 Å². The van der Waals surface area contributed by atoms with Crippen LogP contribution in [0.4, 0.5) is 4.79 Å². The second-order valence-electron chi connectivity index (χ2n) is 2.38. The molecule has 0 spiro atoms. The van der Waals surface area contributed by atoms with Crippen LogP contribution in [-0.4, -0.2) is 9.77 Å². The number of nitrogens with one attached hydrogen (secondary N) is 1. The van der Waals surface area contributed by atoms with Crippen LogP contribution in [0, 0.1) is 0 Å². The minimum Gasteiger partial charge on any atom is -0.334 e. The Bertz CT molecular complexity index is 119.